The van der Waals surface area contributed by atoms with Gasteiger partial charge in [0.25, 0.3) is 5.91 Å². The largest absolute Gasteiger partial charge is 0.378 e. The van der Waals surface area contributed by atoms with Gasteiger partial charge in [-0.15, -0.1) is 21.5 Å². The van der Waals surface area contributed by atoms with E-state index in [0.29, 0.717) is 25.5 Å². The standard InChI is InChI=1S/C19H19N5O2S/c25-18(16-6-7-17(23-22-16)24-8-10-26-11-9-24)20-12-15-13-27-19(21-15)14-4-2-1-3-5-14/h1-7,13H,8-12H2,(H,20,25). The number of nitrogens with zero attached hydrogens (tertiary/aromatic N) is 4. The van der Waals surface area contributed by atoms with Crippen LogP contribution in [-0.4, -0.2) is 47.4 Å². The average molecular weight is 381 g/mol. The maximum atomic E-state index is 12.3. The number of amides is 1. The van der Waals surface area contributed by atoms with Crippen LogP contribution in [0.1, 0.15) is 16.2 Å². The number of carbonyl (C=O) groups is 1. The zero-order chi connectivity index (χ0) is 18.5. The number of ether oxygens (including phenoxy) is 1. The highest BCUT2D eigenvalue weighted by Gasteiger charge is 2.15. The number of hydrogen-bond donors (Lipinski definition) is 1. The number of nitrogens with one attached hydrogen (secondary N) is 1. The van der Waals surface area contributed by atoms with Crippen LogP contribution < -0.4 is 10.2 Å². The molecule has 1 fully saturated rings. The third kappa shape index (κ3) is 4.29. The monoisotopic (exact) mass is 381 g/mol. The number of carbonyl (C=O) groups excluding carboxylic acids is 1. The Labute approximate surface area is 161 Å². The predicted molar refractivity (Wildman–Crippen MR) is 104 cm³/mol. The SMILES string of the molecule is O=C(NCc1csc(-c2ccccc2)n1)c1ccc(N2CCOCC2)nn1. The molecule has 0 spiro atoms. The van der Waals surface area contributed by atoms with Crippen molar-refractivity contribution in [2.75, 3.05) is 31.2 Å². The van der Waals surface area contributed by atoms with E-state index in [2.05, 4.69) is 25.4 Å². The Morgan fingerprint density at radius 1 is 1.11 bits per heavy atom. The molecule has 4 rings (SSSR count). The van der Waals surface area contributed by atoms with Gasteiger partial charge in [-0.05, 0) is 12.1 Å². The van der Waals surface area contributed by atoms with Gasteiger partial charge < -0.3 is 15.0 Å². The molecule has 1 aliphatic rings. The van der Waals surface area contributed by atoms with Gasteiger partial charge >= 0.3 is 0 Å². The lowest BCUT2D eigenvalue weighted by atomic mass is 10.2. The molecule has 0 atom stereocenters. The lowest BCUT2D eigenvalue weighted by Crippen LogP contribution is -2.37. The van der Waals surface area contributed by atoms with E-state index in [1.54, 1.807) is 17.4 Å². The minimum Gasteiger partial charge on any atom is -0.378 e. The summed E-state index contributed by atoms with van der Waals surface area (Å²) in [6, 6.07) is 13.5. The van der Waals surface area contributed by atoms with Crippen LogP contribution in [0, 0.1) is 0 Å². The van der Waals surface area contributed by atoms with Crippen LogP contribution in [0.4, 0.5) is 5.82 Å². The summed E-state index contributed by atoms with van der Waals surface area (Å²) >= 11 is 1.56. The van der Waals surface area contributed by atoms with Crippen molar-refractivity contribution in [1.29, 1.82) is 0 Å². The maximum Gasteiger partial charge on any atom is 0.272 e. The Morgan fingerprint density at radius 2 is 1.93 bits per heavy atom. The lowest BCUT2D eigenvalue weighted by Gasteiger charge is -2.27. The molecule has 1 saturated heterocycles. The van der Waals surface area contributed by atoms with E-state index >= 15 is 0 Å². The van der Waals surface area contributed by atoms with E-state index in [9.17, 15) is 4.79 Å². The summed E-state index contributed by atoms with van der Waals surface area (Å²) in [5.41, 5.74) is 2.19. The zero-order valence-electron chi connectivity index (χ0n) is 14.7. The van der Waals surface area contributed by atoms with Crippen molar-refractivity contribution in [1.82, 2.24) is 20.5 Å². The molecule has 0 saturated carbocycles. The van der Waals surface area contributed by atoms with Gasteiger partial charge in [-0.2, -0.15) is 0 Å². The Morgan fingerprint density at radius 3 is 2.67 bits per heavy atom. The first kappa shape index (κ1) is 17.6. The van der Waals surface area contributed by atoms with Gasteiger partial charge in [0.05, 0.1) is 25.5 Å². The summed E-state index contributed by atoms with van der Waals surface area (Å²) in [6.45, 7) is 3.29. The fourth-order valence-corrected chi connectivity index (χ4v) is 3.60. The zero-order valence-corrected chi connectivity index (χ0v) is 15.5. The summed E-state index contributed by atoms with van der Waals surface area (Å²) in [4.78, 5) is 19.0. The average Bonchev–Trinajstić information content (AvgIpc) is 3.22. The molecule has 0 radical (unpaired) electrons. The molecule has 1 aromatic carbocycles. The van der Waals surface area contributed by atoms with Gasteiger partial charge in [0.15, 0.2) is 11.5 Å². The first-order valence-corrected chi connectivity index (χ1v) is 9.62. The Hall–Kier alpha value is -2.84. The highest BCUT2D eigenvalue weighted by Crippen LogP contribution is 2.23. The van der Waals surface area contributed by atoms with Crippen LogP contribution in [0.15, 0.2) is 47.8 Å². The first-order valence-electron chi connectivity index (χ1n) is 8.74. The normalized spacial score (nSPS) is 14.1. The van der Waals surface area contributed by atoms with Gasteiger partial charge in [-0.3, -0.25) is 4.79 Å². The van der Waals surface area contributed by atoms with Crippen molar-refractivity contribution < 1.29 is 9.53 Å². The van der Waals surface area contributed by atoms with Crippen molar-refractivity contribution in [3.8, 4) is 10.6 Å². The molecule has 1 amide bonds. The van der Waals surface area contributed by atoms with Crippen LogP contribution >= 0.6 is 11.3 Å². The number of rotatable bonds is 5. The second-order valence-electron chi connectivity index (χ2n) is 6.07. The van der Waals surface area contributed by atoms with Crippen LogP contribution in [0.2, 0.25) is 0 Å². The summed E-state index contributed by atoms with van der Waals surface area (Å²) in [6.07, 6.45) is 0. The van der Waals surface area contributed by atoms with E-state index in [-0.39, 0.29) is 5.91 Å². The van der Waals surface area contributed by atoms with Crippen LogP contribution in [-0.2, 0) is 11.3 Å². The summed E-state index contributed by atoms with van der Waals surface area (Å²) in [7, 11) is 0. The molecule has 3 heterocycles. The summed E-state index contributed by atoms with van der Waals surface area (Å²) in [5, 5.41) is 14.0. The Kier molecular flexibility index (Phi) is 5.36. The minimum absolute atomic E-state index is 0.259. The third-order valence-corrected chi connectivity index (χ3v) is 5.16. The Bertz CT molecular complexity index is 892. The second kappa shape index (κ2) is 8.24. The fraction of sp³-hybridized carbons (Fsp3) is 0.263. The quantitative estimate of drug-likeness (QED) is 0.731. The number of hydrogen-bond acceptors (Lipinski definition) is 7. The molecule has 1 N–H and O–H groups in total. The molecule has 2 aromatic heterocycles. The van der Waals surface area contributed by atoms with Crippen LogP contribution in [0.3, 0.4) is 0 Å². The fourth-order valence-electron chi connectivity index (χ4n) is 2.77. The van der Waals surface area contributed by atoms with E-state index in [0.717, 1.165) is 35.2 Å². The smallest absolute Gasteiger partial charge is 0.272 e. The molecule has 1 aliphatic heterocycles. The highest BCUT2D eigenvalue weighted by atomic mass is 32.1. The molecule has 27 heavy (non-hydrogen) atoms. The number of anilines is 1. The van der Waals surface area contributed by atoms with Crippen molar-refractivity contribution in [3.05, 3.63) is 59.2 Å². The molecule has 8 heteroatoms. The van der Waals surface area contributed by atoms with E-state index in [1.807, 2.05) is 41.8 Å². The van der Waals surface area contributed by atoms with Crippen molar-refractivity contribution in [2.24, 2.45) is 0 Å². The predicted octanol–water partition coefficient (Wildman–Crippen LogP) is 2.37. The van der Waals surface area contributed by atoms with Crippen LogP contribution in [0.5, 0.6) is 0 Å². The molecule has 0 unspecified atom stereocenters. The highest BCUT2D eigenvalue weighted by molar-refractivity contribution is 7.13. The van der Waals surface area contributed by atoms with Gasteiger partial charge in [0.2, 0.25) is 0 Å². The number of thiazole rings is 1. The molecular formula is C19H19N5O2S. The van der Waals surface area contributed by atoms with Crippen molar-refractivity contribution in [3.63, 3.8) is 0 Å². The van der Waals surface area contributed by atoms with Gasteiger partial charge in [-0.1, -0.05) is 30.3 Å². The number of morpholine rings is 1. The second-order valence-corrected chi connectivity index (χ2v) is 6.93. The topological polar surface area (TPSA) is 80.2 Å². The van der Waals surface area contributed by atoms with E-state index in [1.165, 1.54) is 0 Å². The maximum absolute atomic E-state index is 12.3. The van der Waals surface area contributed by atoms with Crippen molar-refractivity contribution >= 4 is 23.1 Å². The minimum atomic E-state index is -0.259. The third-order valence-electron chi connectivity index (χ3n) is 4.22. The summed E-state index contributed by atoms with van der Waals surface area (Å²) < 4.78 is 5.33. The van der Waals surface area contributed by atoms with E-state index < -0.39 is 0 Å². The first-order chi connectivity index (χ1) is 13.3. The molecule has 7 nitrogen and oxygen atoms in total. The van der Waals surface area contributed by atoms with Gasteiger partial charge in [0.1, 0.15) is 5.01 Å². The molecule has 0 aliphatic carbocycles. The molecular weight excluding hydrogens is 362 g/mol. The lowest BCUT2D eigenvalue weighted by molar-refractivity contribution is 0.0944. The number of aromatic nitrogens is 3. The van der Waals surface area contributed by atoms with E-state index in [4.69, 9.17) is 4.74 Å². The summed E-state index contributed by atoms with van der Waals surface area (Å²) in [5.74, 6) is 0.507. The Balaban J connectivity index is 1.35. The van der Waals surface area contributed by atoms with Crippen molar-refractivity contribution in [2.45, 2.75) is 6.54 Å². The number of benzene rings is 1. The molecule has 0 bridgehead atoms. The van der Waals surface area contributed by atoms with Gasteiger partial charge in [0, 0.05) is 24.0 Å². The van der Waals surface area contributed by atoms with Crippen LogP contribution in [0.25, 0.3) is 10.6 Å². The molecule has 138 valence electrons. The van der Waals surface area contributed by atoms with Gasteiger partial charge in [-0.25, -0.2) is 4.98 Å². The molecule has 3 aromatic rings.